The average Bonchev–Trinajstić information content (AvgIpc) is 2.99. The molecule has 1 atom stereocenters. The molecule has 0 saturated heterocycles. The van der Waals surface area contributed by atoms with Crippen LogP contribution in [-0.4, -0.2) is 65.1 Å². The van der Waals surface area contributed by atoms with Crippen LogP contribution in [0.3, 0.4) is 0 Å². The van der Waals surface area contributed by atoms with Gasteiger partial charge in [0.25, 0.3) is 5.56 Å². The zero-order valence-corrected chi connectivity index (χ0v) is 25.0. The van der Waals surface area contributed by atoms with Gasteiger partial charge in [-0.1, -0.05) is 38.1 Å². The van der Waals surface area contributed by atoms with Crippen LogP contribution in [0.15, 0.2) is 77.6 Å². The van der Waals surface area contributed by atoms with Crippen LogP contribution in [0.1, 0.15) is 55.0 Å². The molecule has 0 saturated carbocycles. The molecule has 0 fully saturated rings. The molecule has 220 valence electrons. The van der Waals surface area contributed by atoms with Gasteiger partial charge in [-0.2, -0.15) is 0 Å². The van der Waals surface area contributed by atoms with Crippen LogP contribution in [0.2, 0.25) is 0 Å². The third kappa shape index (κ3) is 6.86. The van der Waals surface area contributed by atoms with Gasteiger partial charge in [0, 0.05) is 18.8 Å². The number of carbonyl (C=O) groups excluding carboxylic acids is 2. The molecule has 1 unspecified atom stereocenters. The molecule has 3 aromatic carbocycles. The van der Waals surface area contributed by atoms with E-state index < -0.39 is 12.0 Å². The summed E-state index contributed by atoms with van der Waals surface area (Å²) in [4.78, 5) is 48.6. The van der Waals surface area contributed by atoms with Gasteiger partial charge in [0.1, 0.15) is 5.82 Å². The Morgan fingerprint density at radius 1 is 0.929 bits per heavy atom. The summed E-state index contributed by atoms with van der Waals surface area (Å²) in [7, 11) is 3.90. The van der Waals surface area contributed by atoms with Crippen molar-refractivity contribution < 1.29 is 14.3 Å². The average molecular weight is 570 g/mol. The Bertz CT molecular complexity index is 1580. The lowest BCUT2D eigenvalue weighted by molar-refractivity contribution is 0.0526. The fourth-order valence-electron chi connectivity index (χ4n) is 4.85. The number of amides is 2. The van der Waals surface area contributed by atoms with E-state index in [0.29, 0.717) is 53.2 Å². The smallest absolute Gasteiger partial charge is 0.338 e. The van der Waals surface area contributed by atoms with Crippen LogP contribution in [0.5, 0.6) is 0 Å². The monoisotopic (exact) mass is 569 g/mol. The van der Waals surface area contributed by atoms with Gasteiger partial charge >= 0.3 is 12.0 Å². The Morgan fingerprint density at radius 3 is 2.24 bits per heavy atom. The SMILES string of the molecule is CCOC(=O)c1ccc(NC(=O)N(CCN(C)C)C(CC)c2nc3ccccc3c(=O)n2-c2ccc(CC)cc2)cc1. The summed E-state index contributed by atoms with van der Waals surface area (Å²) in [6.45, 7) is 7.12. The molecule has 42 heavy (non-hydrogen) atoms. The fraction of sp³-hybridized carbons (Fsp3) is 0.333. The molecule has 1 N–H and O–H groups in total. The maximum Gasteiger partial charge on any atom is 0.338 e. The highest BCUT2D eigenvalue weighted by Crippen LogP contribution is 2.27. The molecule has 9 nitrogen and oxygen atoms in total. The summed E-state index contributed by atoms with van der Waals surface area (Å²) < 4.78 is 6.70. The van der Waals surface area contributed by atoms with Crippen molar-refractivity contribution in [3.63, 3.8) is 0 Å². The number of hydrogen-bond acceptors (Lipinski definition) is 6. The number of esters is 1. The second-order valence-electron chi connectivity index (χ2n) is 10.3. The minimum absolute atomic E-state index is 0.180. The Balaban J connectivity index is 1.78. The van der Waals surface area contributed by atoms with Gasteiger partial charge in [0.15, 0.2) is 0 Å². The van der Waals surface area contributed by atoms with Gasteiger partial charge in [-0.15, -0.1) is 0 Å². The highest BCUT2D eigenvalue weighted by Gasteiger charge is 2.29. The van der Waals surface area contributed by atoms with Gasteiger partial charge in [0.05, 0.1) is 34.8 Å². The van der Waals surface area contributed by atoms with E-state index in [2.05, 4.69) is 12.2 Å². The first-order chi connectivity index (χ1) is 20.3. The number of likely N-dealkylation sites (N-methyl/N-ethyl adjacent to an activating group) is 1. The van der Waals surface area contributed by atoms with Crippen molar-refractivity contribution in [1.29, 1.82) is 0 Å². The number of nitrogens with one attached hydrogen (secondary N) is 1. The zero-order valence-electron chi connectivity index (χ0n) is 25.0. The molecule has 0 aliphatic rings. The van der Waals surface area contributed by atoms with E-state index in [1.165, 1.54) is 0 Å². The van der Waals surface area contributed by atoms with Crippen LogP contribution < -0.4 is 10.9 Å². The number of urea groups is 1. The first-order valence-electron chi connectivity index (χ1n) is 14.4. The quantitative estimate of drug-likeness (QED) is 0.234. The summed E-state index contributed by atoms with van der Waals surface area (Å²) in [6.07, 6.45) is 1.41. The molecule has 1 aromatic heterocycles. The first kappa shape index (κ1) is 30.5. The number of rotatable bonds is 11. The Kier molecular flexibility index (Phi) is 10.1. The molecule has 0 bridgehead atoms. The van der Waals surface area contributed by atoms with E-state index in [4.69, 9.17) is 9.72 Å². The second kappa shape index (κ2) is 13.9. The van der Waals surface area contributed by atoms with E-state index in [1.54, 1.807) is 46.7 Å². The molecule has 9 heteroatoms. The van der Waals surface area contributed by atoms with Crippen molar-refractivity contribution in [2.45, 2.75) is 39.7 Å². The molecule has 0 radical (unpaired) electrons. The minimum atomic E-state index is -0.507. The predicted octanol–water partition coefficient (Wildman–Crippen LogP) is 5.67. The van der Waals surface area contributed by atoms with Crippen molar-refractivity contribution in [2.75, 3.05) is 39.1 Å². The van der Waals surface area contributed by atoms with E-state index in [1.807, 2.05) is 68.4 Å². The molecule has 1 heterocycles. The molecule has 4 aromatic rings. The molecule has 4 rings (SSSR count). The van der Waals surface area contributed by atoms with E-state index in [-0.39, 0.29) is 18.2 Å². The van der Waals surface area contributed by atoms with E-state index >= 15 is 0 Å². The normalized spacial score (nSPS) is 11.9. The number of nitrogens with zero attached hydrogens (tertiary/aromatic N) is 4. The van der Waals surface area contributed by atoms with Gasteiger partial charge in [-0.05, 0) is 88.0 Å². The molecule has 0 spiro atoms. The maximum atomic E-state index is 14.0. The van der Waals surface area contributed by atoms with Crippen molar-refractivity contribution in [1.82, 2.24) is 19.4 Å². The van der Waals surface area contributed by atoms with Crippen molar-refractivity contribution >= 4 is 28.6 Å². The van der Waals surface area contributed by atoms with Gasteiger partial charge < -0.3 is 19.9 Å². The minimum Gasteiger partial charge on any atom is -0.462 e. The molecular weight excluding hydrogens is 530 g/mol. The van der Waals surface area contributed by atoms with Gasteiger partial charge in [-0.3, -0.25) is 9.36 Å². The standard InChI is InChI=1S/C33H39N5O4/c1-6-23-13-19-26(20-14-23)38-30(35-28-12-10-9-11-27(28)31(38)39)29(7-2)37(22-21-36(4)5)33(41)34-25-17-15-24(16-18-25)32(40)42-8-3/h9-20,29H,6-8,21-22H2,1-5H3,(H,34,41). The van der Waals surface area contributed by atoms with Gasteiger partial charge in [-0.25, -0.2) is 14.6 Å². The number of aromatic nitrogens is 2. The summed E-state index contributed by atoms with van der Waals surface area (Å²) in [5.41, 5.74) is 3.21. The first-order valence-corrected chi connectivity index (χ1v) is 14.4. The third-order valence-corrected chi connectivity index (χ3v) is 7.16. The fourth-order valence-corrected chi connectivity index (χ4v) is 4.85. The maximum absolute atomic E-state index is 14.0. The lowest BCUT2D eigenvalue weighted by Gasteiger charge is -2.33. The zero-order chi connectivity index (χ0) is 30.2. The number of aryl methyl sites for hydroxylation is 1. The highest BCUT2D eigenvalue weighted by atomic mass is 16.5. The van der Waals surface area contributed by atoms with Crippen LogP contribution >= 0.6 is 0 Å². The van der Waals surface area contributed by atoms with Crippen LogP contribution in [0.4, 0.5) is 10.5 Å². The summed E-state index contributed by atoms with van der Waals surface area (Å²) in [6, 6.07) is 20.9. The van der Waals surface area contributed by atoms with Crippen molar-refractivity contribution in [2.24, 2.45) is 0 Å². The van der Waals surface area contributed by atoms with Crippen LogP contribution in [0, 0.1) is 0 Å². The van der Waals surface area contributed by atoms with E-state index in [9.17, 15) is 14.4 Å². The number of ether oxygens (including phenoxy) is 1. The number of carbonyl (C=O) groups is 2. The molecule has 0 aliphatic carbocycles. The van der Waals surface area contributed by atoms with E-state index in [0.717, 1.165) is 12.0 Å². The van der Waals surface area contributed by atoms with Gasteiger partial charge in [0.2, 0.25) is 0 Å². The molecular formula is C33H39N5O4. The third-order valence-electron chi connectivity index (χ3n) is 7.16. The largest absolute Gasteiger partial charge is 0.462 e. The highest BCUT2D eigenvalue weighted by molar-refractivity contribution is 5.92. The number of benzene rings is 3. The van der Waals surface area contributed by atoms with Crippen LogP contribution in [0.25, 0.3) is 16.6 Å². The number of para-hydroxylation sites is 1. The summed E-state index contributed by atoms with van der Waals surface area (Å²) in [5, 5.41) is 3.49. The van der Waals surface area contributed by atoms with Crippen LogP contribution in [-0.2, 0) is 11.2 Å². The van der Waals surface area contributed by atoms with Crippen molar-refractivity contribution in [3.8, 4) is 5.69 Å². The summed E-state index contributed by atoms with van der Waals surface area (Å²) in [5.74, 6) is 0.0818. The number of fused-ring (bicyclic) bond motifs is 1. The molecule has 0 aliphatic heterocycles. The number of anilines is 1. The lowest BCUT2D eigenvalue weighted by atomic mass is 10.1. The Labute approximate surface area is 246 Å². The number of hydrogen-bond donors (Lipinski definition) is 1. The lowest BCUT2D eigenvalue weighted by Crippen LogP contribution is -2.43. The van der Waals surface area contributed by atoms with Crippen molar-refractivity contribution in [3.05, 3.63) is 100 Å². The Hall–Kier alpha value is -4.50. The second-order valence-corrected chi connectivity index (χ2v) is 10.3. The Morgan fingerprint density at radius 2 is 1.62 bits per heavy atom. The predicted molar refractivity (Wildman–Crippen MR) is 166 cm³/mol. The summed E-state index contributed by atoms with van der Waals surface area (Å²) >= 11 is 0. The topological polar surface area (TPSA) is 96.8 Å². The molecule has 2 amide bonds.